The van der Waals surface area contributed by atoms with E-state index in [-0.39, 0.29) is 0 Å². The molecule has 1 N–H and O–H groups in total. The van der Waals surface area contributed by atoms with Gasteiger partial charge in [0.1, 0.15) is 0 Å². The van der Waals surface area contributed by atoms with Gasteiger partial charge in [-0.25, -0.2) is 0 Å². The monoisotopic (exact) mass is 245 g/mol. The number of pyridine rings is 1. The Morgan fingerprint density at radius 1 is 1.33 bits per heavy atom. The maximum absolute atomic E-state index is 4.51. The van der Waals surface area contributed by atoms with Crippen molar-refractivity contribution in [1.82, 2.24) is 15.2 Å². The van der Waals surface area contributed by atoms with Gasteiger partial charge in [0, 0.05) is 31.4 Å². The van der Waals surface area contributed by atoms with E-state index in [0.717, 1.165) is 12.6 Å². The molecule has 1 unspecified atom stereocenters. The predicted octanol–water partition coefficient (Wildman–Crippen LogP) is 2.11. The maximum atomic E-state index is 4.51. The zero-order valence-electron chi connectivity index (χ0n) is 11.2. The van der Waals surface area contributed by atoms with Crippen molar-refractivity contribution in [2.75, 3.05) is 13.1 Å². The molecule has 3 nitrogen and oxygen atoms in total. The molecule has 3 rings (SSSR count). The Hall–Kier alpha value is -0.930. The molecule has 1 aromatic rings. The number of hydrogen-bond acceptors (Lipinski definition) is 3. The van der Waals surface area contributed by atoms with Crippen molar-refractivity contribution >= 4 is 0 Å². The van der Waals surface area contributed by atoms with Crippen LogP contribution in [0, 0.1) is 6.92 Å². The third-order valence-corrected chi connectivity index (χ3v) is 4.05. The van der Waals surface area contributed by atoms with E-state index in [2.05, 4.69) is 28.2 Å². The van der Waals surface area contributed by atoms with E-state index in [1.54, 1.807) is 0 Å². The predicted molar refractivity (Wildman–Crippen MR) is 73.4 cm³/mol. The lowest BCUT2D eigenvalue weighted by Gasteiger charge is -2.33. The molecule has 2 fully saturated rings. The molecule has 3 heteroatoms. The van der Waals surface area contributed by atoms with Crippen LogP contribution in [-0.4, -0.2) is 35.1 Å². The average molecular weight is 245 g/mol. The van der Waals surface area contributed by atoms with Gasteiger partial charge in [-0.2, -0.15) is 0 Å². The van der Waals surface area contributed by atoms with Gasteiger partial charge in [0.15, 0.2) is 0 Å². The molecule has 2 heterocycles. The van der Waals surface area contributed by atoms with Crippen LogP contribution in [0.5, 0.6) is 0 Å². The second-order valence-corrected chi connectivity index (χ2v) is 5.78. The largest absolute Gasteiger partial charge is 0.310 e. The van der Waals surface area contributed by atoms with Crippen LogP contribution in [0.15, 0.2) is 18.3 Å². The lowest BCUT2D eigenvalue weighted by atomic mass is 10.0. The summed E-state index contributed by atoms with van der Waals surface area (Å²) in [4.78, 5) is 7.06. The topological polar surface area (TPSA) is 28.2 Å². The van der Waals surface area contributed by atoms with Crippen LogP contribution < -0.4 is 5.32 Å². The van der Waals surface area contributed by atoms with Gasteiger partial charge in [0.05, 0.1) is 5.69 Å². The van der Waals surface area contributed by atoms with Crippen LogP contribution >= 0.6 is 0 Å². The van der Waals surface area contributed by atoms with Gasteiger partial charge < -0.3 is 5.32 Å². The molecule has 0 radical (unpaired) electrons. The van der Waals surface area contributed by atoms with Crippen molar-refractivity contribution in [1.29, 1.82) is 0 Å². The lowest BCUT2D eigenvalue weighted by Crippen LogP contribution is -2.46. The first-order valence-electron chi connectivity index (χ1n) is 7.20. The summed E-state index contributed by atoms with van der Waals surface area (Å²) in [6.45, 7) is 5.58. The first-order chi connectivity index (χ1) is 8.81. The standard InChI is InChI=1S/C15H23N3/c1-12-4-2-8-16-15(12)11-18-9-3-5-14(10-18)17-13-6-7-13/h2,4,8,13-14,17H,3,5-7,9-11H2,1H3. The summed E-state index contributed by atoms with van der Waals surface area (Å²) in [5.41, 5.74) is 2.55. The molecule has 18 heavy (non-hydrogen) atoms. The van der Waals surface area contributed by atoms with E-state index < -0.39 is 0 Å². The number of likely N-dealkylation sites (tertiary alicyclic amines) is 1. The Bertz CT molecular complexity index is 400. The number of aromatic nitrogens is 1. The number of hydrogen-bond donors (Lipinski definition) is 1. The SMILES string of the molecule is Cc1cccnc1CN1CCCC(NC2CC2)C1. The molecule has 2 aliphatic rings. The summed E-state index contributed by atoms with van der Waals surface area (Å²) >= 11 is 0. The highest BCUT2D eigenvalue weighted by Crippen LogP contribution is 2.22. The second-order valence-electron chi connectivity index (χ2n) is 5.78. The second kappa shape index (κ2) is 5.37. The van der Waals surface area contributed by atoms with E-state index in [4.69, 9.17) is 0 Å². The van der Waals surface area contributed by atoms with Crippen LogP contribution in [-0.2, 0) is 6.54 Å². The van der Waals surface area contributed by atoms with E-state index in [9.17, 15) is 0 Å². The summed E-state index contributed by atoms with van der Waals surface area (Å²) in [7, 11) is 0. The summed E-state index contributed by atoms with van der Waals surface area (Å²) in [5.74, 6) is 0. The molecule has 1 aliphatic heterocycles. The highest BCUT2D eigenvalue weighted by Gasteiger charge is 2.27. The van der Waals surface area contributed by atoms with Gasteiger partial charge in [-0.3, -0.25) is 9.88 Å². The van der Waals surface area contributed by atoms with Crippen LogP contribution in [0.3, 0.4) is 0 Å². The van der Waals surface area contributed by atoms with E-state index >= 15 is 0 Å². The molecule has 1 saturated heterocycles. The Morgan fingerprint density at radius 3 is 3.00 bits per heavy atom. The highest BCUT2D eigenvalue weighted by molar-refractivity contribution is 5.17. The van der Waals surface area contributed by atoms with Crippen molar-refractivity contribution in [3.8, 4) is 0 Å². The maximum Gasteiger partial charge on any atom is 0.0573 e. The van der Waals surface area contributed by atoms with Crippen LogP contribution in [0.4, 0.5) is 0 Å². The normalized spacial score (nSPS) is 25.3. The lowest BCUT2D eigenvalue weighted by molar-refractivity contribution is 0.180. The van der Waals surface area contributed by atoms with E-state index in [1.165, 1.54) is 50.0 Å². The fourth-order valence-electron chi connectivity index (χ4n) is 2.81. The van der Waals surface area contributed by atoms with Gasteiger partial charge in [0.25, 0.3) is 0 Å². The third-order valence-electron chi connectivity index (χ3n) is 4.05. The Morgan fingerprint density at radius 2 is 2.22 bits per heavy atom. The average Bonchev–Trinajstić information content (AvgIpc) is 3.17. The fourth-order valence-corrected chi connectivity index (χ4v) is 2.81. The summed E-state index contributed by atoms with van der Waals surface area (Å²) in [6.07, 6.45) is 7.34. The molecule has 1 atom stereocenters. The molecule has 1 aromatic heterocycles. The van der Waals surface area contributed by atoms with Crippen LogP contribution in [0.25, 0.3) is 0 Å². The fraction of sp³-hybridized carbons (Fsp3) is 0.667. The molecule has 1 aliphatic carbocycles. The highest BCUT2D eigenvalue weighted by atomic mass is 15.2. The molecule has 98 valence electrons. The van der Waals surface area contributed by atoms with Crippen molar-refractivity contribution in [3.05, 3.63) is 29.6 Å². The molecular weight excluding hydrogens is 222 g/mol. The summed E-state index contributed by atoms with van der Waals surface area (Å²) < 4.78 is 0. The van der Waals surface area contributed by atoms with E-state index in [1.807, 2.05) is 12.3 Å². The smallest absolute Gasteiger partial charge is 0.0573 e. The zero-order valence-corrected chi connectivity index (χ0v) is 11.2. The number of nitrogens with one attached hydrogen (secondary N) is 1. The summed E-state index contributed by atoms with van der Waals surface area (Å²) in [6, 6.07) is 5.71. The number of piperidine rings is 1. The van der Waals surface area contributed by atoms with Gasteiger partial charge in [-0.1, -0.05) is 6.07 Å². The Kier molecular flexibility index (Phi) is 3.62. The van der Waals surface area contributed by atoms with Gasteiger partial charge >= 0.3 is 0 Å². The minimum atomic E-state index is 0.704. The molecule has 0 amide bonds. The van der Waals surface area contributed by atoms with Gasteiger partial charge in [-0.15, -0.1) is 0 Å². The quantitative estimate of drug-likeness (QED) is 0.880. The minimum Gasteiger partial charge on any atom is -0.310 e. The Balaban J connectivity index is 1.57. The third kappa shape index (κ3) is 3.09. The van der Waals surface area contributed by atoms with Crippen LogP contribution in [0.2, 0.25) is 0 Å². The van der Waals surface area contributed by atoms with Gasteiger partial charge in [0.2, 0.25) is 0 Å². The zero-order chi connectivity index (χ0) is 12.4. The molecule has 0 spiro atoms. The van der Waals surface area contributed by atoms with E-state index in [0.29, 0.717) is 6.04 Å². The van der Waals surface area contributed by atoms with Crippen molar-refractivity contribution in [2.45, 2.75) is 51.2 Å². The molecule has 1 saturated carbocycles. The molecule has 0 aromatic carbocycles. The van der Waals surface area contributed by atoms with Crippen LogP contribution in [0.1, 0.15) is 36.9 Å². The summed E-state index contributed by atoms with van der Waals surface area (Å²) in [5, 5.41) is 3.76. The minimum absolute atomic E-state index is 0.704. The Labute approximate surface area is 110 Å². The van der Waals surface area contributed by atoms with Gasteiger partial charge in [-0.05, 0) is 50.8 Å². The number of aryl methyl sites for hydroxylation is 1. The van der Waals surface area contributed by atoms with Crippen molar-refractivity contribution in [2.24, 2.45) is 0 Å². The first kappa shape index (κ1) is 12.1. The molecular formula is C15H23N3. The number of nitrogens with zero attached hydrogens (tertiary/aromatic N) is 2. The molecule has 0 bridgehead atoms. The first-order valence-corrected chi connectivity index (χ1v) is 7.20. The van der Waals surface area contributed by atoms with Crippen molar-refractivity contribution < 1.29 is 0 Å². The van der Waals surface area contributed by atoms with Crippen molar-refractivity contribution in [3.63, 3.8) is 0 Å². The number of rotatable bonds is 4.